The van der Waals surface area contributed by atoms with Crippen molar-refractivity contribution in [2.75, 3.05) is 20.1 Å². The number of nitrogens with zero attached hydrogens (tertiary/aromatic N) is 2. The summed E-state index contributed by atoms with van der Waals surface area (Å²) in [5.74, 6) is 0.842. The number of guanidine groups is 1. The first-order valence-electron chi connectivity index (χ1n) is 8.91. The van der Waals surface area contributed by atoms with Crippen LogP contribution in [0.15, 0.2) is 29.4 Å². The fraction of sp³-hybridized carbons (Fsp3) is 0.611. The van der Waals surface area contributed by atoms with Crippen molar-refractivity contribution in [1.82, 2.24) is 20.9 Å². The lowest BCUT2D eigenvalue weighted by molar-refractivity contribution is -0.121. The van der Waals surface area contributed by atoms with Crippen LogP contribution in [0.1, 0.15) is 44.2 Å². The molecule has 1 amide bonds. The Morgan fingerprint density at radius 2 is 1.96 bits per heavy atom. The lowest BCUT2D eigenvalue weighted by atomic mass is 9.95. The van der Waals surface area contributed by atoms with Crippen LogP contribution in [0.2, 0.25) is 0 Å². The van der Waals surface area contributed by atoms with Crippen molar-refractivity contribution in [2.45, 2.75) is 51.0 Å². The summed E-state index contributed by atoms with van der Waals surface area (Å²) in [5.41, 5.74) is 1.05. The van der Waals surface area contributed by atoms with Crippen LogP contribution in [0.25, 0.3) is 0 Å². The molecule has 0 spiro atoms. The third kappa shape index (κ3) is 9.04. The minimum atomic E-state index is 0. The van der Waals surface area contributed by atoms with E-state index in [1.165, 1.54) is 19.3 Å². The van der Waals surface area contributed by atoms with E-state index < -0.39 is 0 Å². The molecule has 0 unspecified atom stereocenters. The first-order valence-corrected chi connectivity index (χ1v) is 8.91. The fourth-order valence-electron chi connectivity index (χ4n) is 2.92. The number of aromatic nitrogens is 1. The van der Waals surface area contributed by atoms with E-state index in [9.17, 15) is 4.79 Å². The number of hydrogen-bond donors (Lipinski definition) is 3. The minimum Gasteiger partial charge on any atom is -0.356 e. The normalized spacial score (nSPS) is 15.2. The van der Waals surface area contributed by atoms with Gasteiger partial charge in [-0.2, -0.15) is 0 Å². The maximum atomic E-state index is 12.0. The fourth-order valence-corrected chi connectivity index (χ4v) is 2.92. The molecule has 0 aromatic carbocycles. The van der Waals surface area contributed by atoms with Crippen LogP contribution in [0.4, 0.5) is 0 Å². The molecule has 1 aromatic heterocycles. The maximum Gasteiger partial charge on any atom is 0.221 e. The first-order chi connectivity index (χ1) is 11.8. The molecule has 1 saturated carbocycles. The zero-order valence-electron chi connectivity index (χ0n) is 15.0. The Bertz CT molecular complexity index is 517. The van der Waals surface area contributed by atoms with Gasteiger partial charge in [-0.05, 0) is 25.0 Å². The molecular weight excluding hydrogens is 429 g/mol. The number of nitrogens with one attached hydrogen (secondary N) is 3. The van der Waals surface area contributed by atoms with E-state index in [-0.39, 0.29) is 29.9 Å². The number of aliphatic imine (C=N–C) groups is 1. The minimum absolute atomic E-state index is 0. The molecule has 1 aliphatic carbocycles. The lowest BCUT2D eigenvalue weighted by Gasteiger charge is -2.22. The first kappa shape index (κ1) is 21.7. The number of rotatable bonds is 7. The smallest absolute Gasteiger partial charge is 0.221 e. The predicted molar refractivity (Wildman–Crippen MR) is 112 cm³/mol. The summed E-state index contributed by atoms with van der Waals surface area (Å²) in [6.07, 6.45) is 9.11. The second-order valence-electron chi connectivity index (χ2n) is 6.15. The van der Waals surface area contributed by atoms with Gasteiger partial charge in [-0.25, -0.2) is 0 Å². The molecule has 1 aromatic rings. The molecular formula is C18H30IN5O. The Kier molecular flexibility index (Phi) is 11.2. The van der Waals surface area contributed by atoms with Gasteiger partial charge in [0.1, 0.15) is 0 Å². The summed E-state index contributed by atoms with van der Waals surface area (Å²) in [4.78, 5) is 20.4. The average molecular weight is 459 g/mol. The van der Waals surface area contributed by atoms with Crippen molar-refractivity contribution in [2.24, 2.45) is 4.99 Å². The van der Waals surface area contributed by atoms with E-state index in [0.29, 0.717) is 19.0 Å². The van der Waals surface area contributed by atoms with Gasteiger partial charge < -0.3 is 16.0 Å². The van der Waals surface area contributed by atoms with E-state index in [0.717, 1.165) is 37.5 Å². The number of hydrogen-bond acceptors (Lipinski definition) is 3. The molecule has 7 heteroatoms. The van der Waals surface area contributed by atoms with Crippen molar-refractivity contribution in [3.63, 3.8) is 0 Å². The number of pyridine rings is 1. The maximum absolute atomic E-state index is 12.0. The highest BCUT2D eigenvalue weighted by atomic mass is 127. The predicted octanol–water partition coefficient (Wildman–Crippen LogP) is 2.25. The van der Waals surface area contributed by atoms with Gasteiger partial charge in [-0.15, -0.1) is 24.0 Å². The van der Waals surface area contributed by atoms with Crippen molar-refractivity contribution in [1.29, 1.82) is 0 Å². The Balaban J connectivity index is 0.00000312. The summed E-state index contributed by atoms with van der Waals surface area (Å²) in [7, 11) is 1.73. The van der Waals surface area contributed by atoms with Crippen LogP contribution in [0.3, 0.4) is 0 Å². The van der Waals surface area contributed by atoms with Crippen molar-refractivity contribution >= 4 is 35.8 Å². The third-order valence-electron chi connectivity index (χ3n) is 4.24. The quantitative estimate of drug-likeness (QED) is 0.332. The topological polar surface area (TPSA) is 78.4 Å². The highest BCUT2D eigenvalue weighted by molar-refractivity contribution is 14.0. The van der Waals surface area contributed by atoms with E-state index >= 15 is 0 Å². The molecule has 0 atom stereocenters. The molecule has 1 aliphatic rings. The van der Waals surface area contributed by atoms with Crippen molar-refractivity contribution < 1.29 is 4.79 Å². The largest absolute Gasteiger partial charge is 0.356 e. The Morgan fingerprint density at radius 3 is 2.64 bits per heavy atom. The number of carbonyl (C=O) groups is 1. The summed E-state index contributed by atoms with van der Waals surface area (Å²) in [6, 6.07) is 6.28. The molecule has 1 fully saturated rings. The van der Waals surface area contributed by atoms with Crippen molar-refractivity contribution in [3.8, 4) is 0 Å². The summed E-state index contributed by atoms with van der Waals surface area (Å²) < 4.78 is 0. The van der Waals surface area contributed by atoms with E-state index in [1.807, 2.05) is 18.2 Å². The molecule has 25 heavy (non-hydrogen) atoms. The Labute approximate surface area is 167 Å². The molecule has 0 radical (unpaired) electrons. The molecule has 3 N–H and O–H groups in total. The summed E-state index contributed by atoms with van der Waals surface area (Å²) >= 11 is 0. The molecule has 0 bridgehead atoms. The van der Waals surface area contributed by atoms with Gasteiger partial charge in [-0.3, -0.25) is 14.8 Å². The van der Waals surface area contributed by atoms with Crippen molar-refractivity contribution in [3.05, 3.63) is 30.1 Å². The van der Waals surface area contributed by atoms with Crippen LogP contribution in [-0.2, 0) is 11.2 Å². The summed E-state index contributed by atoms with van der Waals surface area (Å²) in [5, 5.41) is 9.55. The van der Waals surface area contributed by atoms with Gasteiger partial charge in [0, 0.05) is 50.9 Å². The second kappa shape index (κ2) is 12.9. The van der Waals surface area contributed by atoms with E-state index in [4.69, 9.17) is 0 Å². The number of halogens is 1. The lowest BCUT2D eigenvalue weighted by Crippen LogP contribution is -2.41. The Hall–Kier alpha value is -1.38. The summed E-state index contributed by atoms with van der Waals surface area (Å²) in [6.45, 7) is 1.34. The third-order valence-corrected chi connectivity index (χ3v) is 4.24. The van der Waals surface area contributed by atoms with Gasteiger partial charge in [0.05, 0.1) is 0 Å². The van der Waals surface area contributed by atoms with Crippen LogP contribution < -0.4 is 16.0 Å². The zero-order chi connectivity index (χ0) is 17.0. The highest BCUT2D eigenvalue weighted by Gasteiger charge is 2.15. The SMILES string of the molecule is CN=C(NCCC(=O)NC1CCCCC1)NCCc1ccccn1.I. The van der Waals surface area contributed by atoms with Crippen LogP contribution in [-0.4, -0.2) is 43.0 Å². The molecule has 2 rings (SSSR count). The molecule has 0 saturated heterocycles. The van der Waals surface area contributed by atoms with Crippen LogP contribution in [0.5, 0.6) is 0 Å². The molecule has 1 heterocycles. The Morgan fingerprint density at radius 1 is 1.20 bits per heavy atom. The standard InChI is InChI=1S/C18H29N5O.HI/c1-19-18(21-13-10-15-7-5-6-12-20-15)22-14-11-17(24)23-16-8-3-2-4-9-16;/h5-7,12,16H,2-4,8-11,13-14H2,1H3,(H,23,24)(H2,19,21,22);1H. The molecule has 6 nitrogen and oxygen atoms in total. The van der Waals surface area contributed by atoms with Gasteiger partial charge in [-0.1, -0.05) is 25.3 Å². The number of amides is 1. The molecule has 0 aliphatic heterocycles. The average Bonchev–Trinajstić information content (AvgIpc) is 2.62. The van der Waals surface area contributed by atoms with E-state index in [1.54, 1.807) is 13.2 Å². The van der Waals surface area contributed by atoms with Gasteiger partial charge in [0.25, 0.3) is 0 Å². The molecule has 140 valence electrons. The zero-order valence-corrected chi connectivity index (χ0v) is 17.3. The van der Waals surface area contributed by atoms with Gasteiger partial charge in [0.15, 0.2) is 5.96 Å². The van der Waals surface area contributed by atoms with Gasteiger partial charge >= 0.3 is 0 Å². The van der Waals surface area contributed by atoms with Gasteiger partial charge in [0.2, 0.25) is 5.91 Å². The monoisotopic (exact) mass is 459 g/mol. The van der Waals surface area contributed by atoms with Crippen LogP contribution in [0, 0.1) is 0 Å². The van der Waals surface area contributed by atoms with E-state index in [2.05, 4.69) is 25.9 Å². The second-order valence-corrected chi connectivity index (χ2v) is 6.15. The highest BCUT2D eigenvalue weighted by Crippen LogP contribution is 2.17. The number of carbonyl (C=O) groups excluding carboxylic acids is 1. The van der Waals surface area contributed by atoms with Crippen LogP contribution >= 0.6 is 24.0 Å².